The smallest absolute Gasteiger partial charge is 0.387 e. The summed E-state index contributed by atoms with van der Waals surface area (Å²) >= 11 is 5.57. The Kier molecular flexibility index (Phi) is 4.77. The summed E-state index contributed by atoms with van der Waals surface area (Å²) in [6.45, 7) is -5.29. The monoisotopic (exact) mass is 286 g/mol. The van der Waals surface area contributed by atoms with Crippen molar-refractivity contribution in [2.75, 3.05) is 0 Å². The third-order valence-corrected chi connectivity index (χ3v) is 2.14. The van der Waals surface area contributed by atoms with Crippen LogP contribution in [0, 0.1) is 0 Å². The van der Waals surface area contributed by atoms with E-state index in [1.807, 2.05) is 0 Å². The average molecular weight is 287 g/mol. The standard InChI is InChI=1S/C10H7ClF4O3/c1-4(16)5-2-6(11)8(18-10(14)15)3-7(5)17-9(12)13/h2-3,9-10H,1H3. The highest BCUT2D eigenvalue weighted by molar-refractivity contribution is 6.32. The molecule has 0 aromatic heterocycles. The van der Waals surface area contributed by atoms with Crippen LogP contribution in [0.25, 0.3) is 0 Å². The van der Waals surface area contributed by atoms with Crippen LogP contribution in [0.3, 0.4) is 0 Å². The predicted molar refractivity (Wildman–Crippen MR) is 54.7 cm³/mol. The molecule has 0 fully saturated rings. The number of rotatable bonds is 5. The third kappa shape index (κ3) is 3.76. The third-order valence-electron chi connectivity index (χ3n) is 1.85. The summed E-state index contributed by atoms with van der Waals surface area (Å²) in [6, 6.07) is 1.65. The van der Waals surface area contributed by atoms with Gasteiger partial charge in [0.2, 0.25) is 0 Å². The number of hydrogen-bond donors (Lipinski definition) is 0. The molecular weight excluding hydrogens is 280 g/mol. The van der Waals surface area contributed by atoms with Crippen LogP contribution in [0.4, 0.5) is 17.6 Å². The number of hydrogen-bond acceptors (Lipinski definition) is 3. The van der Waals surface area contributed by atoms with Crippen molar-refractivity contribution in [1.29, 1.82) is 0 Å². The minimum atomic E-state index is -3.20. The summed E-state index contributed by atoms with van der Waals surface area (Å²) in [5.41, 5.74) is -0.248. The Labute approximate surface area is 104 Å². The van der Waals surface area contributed by atoms with Gasteiger partial charge in [0.05, 0.1) is 10.6 Å². The second-order valence-corrected chi connectivity index (χ2v) is 3.50. The van der Waals surface area contributed by atoms with Gasteiger partial charge >= 0.3 is 13.2 Å². The van der Waals surface area contributed by atoms with E-state index in [2.05, 4.69) is 9.47 Å². The quantitative estimate of drug-likeness (QED) is 0.611. The van der Waals surface area contributed by atoms with Crippen LogP contribution in [0.1, 0.15) is 17.3 Å². The van der Waals surface area contributed by atoms with E-state index < -0.39 is 30.5 Å². The summed E-state index contributed by atoms with van der Waals surface area (Å²) < 4.78 is 56.3. The molecule has 0 heterocycles. The van der Waals surface area contributed by atoms with Crippen molar-refractivity contribution < 1.29 is 31.8 Å². The summed E-state index contributed by atoms with van der Waals surface area (Å²) in [5.74, 6) is -1.72. The number of halogens is 5. The lowest BCUT2D eigenvalue weighted by Gasteiger charge is -2.13. The van der Waals surface area contributed by atoms with Crippen LogP contribution in [0.15, 0.2) is 12.1 Å². The second-order valence-electron chi connectivity index (χ2n) is 3.09. The lowest BCUT2D eigenvalue weighted by molar-refractivity contribution is -0.0543. The fraction of sp³-hybridized carbons (Fsp3) is 0.300. The number of carbonyl (C=O) groups excluding carboxylic acids is 1. The van der Waals surface area contributed by atoms with Crippen molar-refractivity contribution >= 4 is 17.4 Å². The number of Topliss-reactive ketones (excluding diaryl/α,β-unsaturated/α-hetero) is 1. The molecule has 0 radical (unpaired) electrons. The summed E-state index contributed by atoms with van der Waals surface area (Å²) in [5, 5.41) is -0.304. The molecule has 18 heavy (non-hydrogen) atoms. The Morgan fingerprint density at radius 3 is 2.06 bits per heavy atom. The first kappa shape index (κ1) is 14.6. The van der Waals surface area contributed by atoms with E-state index >= 15 is 0 Å². The molecule has 1 aromatic rings. The molecule has 0 aliphatic heterocycles. The van der Waals surface area contributed by atoms with Gasteiger partial charge in [-0.15, -0.1) is 0 Å². The fourth-order valence-corrected chi connectivity index (χ4v) is 1.40. The SMILES string of the molecule is CC(=O)c1cc(Cl)c(OC(F)F)cc1OC(F)F. The van der Waals surface area contributed by atoms with E-state index in [-0.39, 0.29) is 10.6 Å². The van der Waals surface area contributed by atoms with Crippen LogP contribution >= 0.6 is 11.6 Å². The molecule has 0 saturated heterocycles. The molecule has 8 heteroatoms. The van der Waals surface area contributed by atoms with Crippen LogP contribution in [-0.2, 0) is 0 Å². The van der Waals surface area contributed by atoms with Gasteiger partial charge in [-0.3, -0.25) is 4.79 Å². The number of alkyl halides is 4. The van der Waals surface area contributed by atoms with Gasteiger partial charge in [0, 0.05) is 6.07 Å². The van der Waals surface area contributed by atoms with E-state index in [4.69, 9.17) is 11.6 Å². The fourth-order valence-electron chi connectivity index (χ4n) is 1.19. The molecule has 0 aliphatic carbocycles. The summed E-state index contributed by atoms with van der Waals surface area (Å²) in [4.78, 5) is 11.2. The highest BCUT2D eigenvalue weighted by Gasteiger charge is 2.18. The Hall–Kier alpha value is -1.50. The summed E-state index contributed by atoms with van der Waals surface area (Å²) in [6.07, 6.45) is 0. The van der Waals surface area contributed by atoms with E-state index in [9.17, 15) is 22.4 Å². The van der Waals surface area contributed by atoms with Gasteiger partial charge in [0.1, 0.15) is 11.5 Å². The molecule has 0 bridgehead atoms. The first-order valence-corrected chi connectivity index (χ1v) is 4.93. The van der Waals surface area contributed by atoms with Gasteiger partial charge in [0.25, 0.3) is 0 Å². The van der Waals surface area contributed by atoms with Crippen LogP contribution < -0.4 is 9.47 Å². The number of benzene rings is 1. The first-order chi connectivity index (χ1) is 8.31. The second kappa shape index (κ2) is 5.90. The van der Waals surface area contributed by atoms with Gasteiger partial charge < -0.3 is 9.47 Å². The molecule has 0 unspecified atom stereocenters. The number of ketones is 1. The van der Waals surface area contributed by atoms with E-state index in [0.717, 1.165) is 19.1 Å². The zero-order valence-electron chi connectivity index (χ0n) is 8.92. The van der Waals surface area contributed by atoms with Gasteiger partial charge in [-0.1, -0.05) is 11.6 Å². The van der Waals surface area contributed by atoms with Gasteiger partial charge in [-0.2, -0.15) is 17.6 Å². The molecule has 0 atom stereocenters. The molecule has 0 aliphatic rings. The van der Waals surface area contributed by atoms with Crippen molar-refractivity contribution in [1.82, 2.24) is 0 Å². The Bertz CT molecular complexity index is 451. The van der Waals surface area contributed by atoms with E-state index in [1.54, 1.807) is 0 Å². The molecule has 1 rings (SSSR count). The van der Waals surface area contributed by atoms with Crippen LogP contribution in [0.5, 0.6) is 11.5 Å². The molecule has 1 aromatic carbocycles. The van der Waals surface area contributed by atoms with Gasteiger partial charge in [0.15, 0.2) is 5.78 Å². The number of ether oxygens (including phenoxy) is 2. The lowest BCUT2D eigenvalue weighted by atomic mass is 10.1. The van der Waals surface area contributed by atoms with Crippen molar-refractivity contribution in [3.05, 3.63) is 22.7 Å². The maximum atomic E-state index is 12.1. The largest absolute Gasteiger partial charge is 0.434 e. The first-order valence-electron chi connectivity index (χ1n) is 4.55. The van der Waals surface area contributed by atoms with Crippen molar-refractivity contribution in [3.63, 3.8) is 0 Å². The lowest BCUT2D eigenvalue weighted by Crippen LogP contribution is -2.08. The molecular formula is C10H7ClF4O3. The molecule has 0 amide bonds. The maximum Gasteiger partial charge on any atom is 0.387 e. The van der Waals surface area contributed by atoms with Crippen molar-refractivity contribution in [2.24, 2.45) is 0 Å². The predicted octanol–water partition coefficient (Wildman–Crippen LogP) is 3.75. The zero-order chi connectivity index (χ0) is 13.9. The molecule has 0 N–H and O–H groups in total. The highest BCUT2D eigenvalue weighted by Crippen LogP contribution is 2.34. The van der Waals surface area contributed by atoms with E-state index in [0.29, 0.717) is 0 Å². The van der Waals surface area contributed by atoms with Crippen molar-refractivity contribution in [2.45, 2.75) is 20.1 Å². The van der Waals surface area contributed by atoms with Crippen molar-refractivity contribution in [3.8, 4) is 11.5 Å². The molecule has 3 nitrogen and oxygen atoms in total. The van der Waals surface area contributed by atoms with Gasteiger partial charge in [-0.25, -0.2) is 0 Å². The van der Waals surface area contributed by atoms with E-state index in [1.165, 1.54) is 0 Å². The van der Waals surface area contributed by atoms with Crippen LogP contribution in [0.2, 0.25) is 5.02 Å². The number of carbonyl (C=O) groups is 1. The molecule has 100 valence electrons. The molecule has 0 saturated carbocycles. The zero-order valence-corrected chi connectivity index (χ0v) is 9.68. The Balaban J connectivity index is 3.21. The van der Waals surface area contributed by atoms with Gasteiger partial charge in [-0.05, 0) is 13.0 Å². The minimum absolute atomic E-state index is 0.248. The summed E-state index contributed by atoms with van der Waals surface area (Å²) in [7, 11) is 0. The average Bonchev–Trinajstić information content (AvgIpc) is 2.20. The van der Waals surface area contributed by atoms with Crippen LogP contribution in [-0.4, -0.2) is 19.0 Å². The minimum Gasteiger partial charge on any atom is -0.434 e. The highest BCUT2D eigenvalue weighted by atomic mass is 35.5. The molecule has 0 spiro atoms. The normalized spacial score (nSPS) is 10.9. The Morgan fingerprint density at radius 1 is 1.11 bits per heavy atom. The Morgan fingerprint density at radius 2 is 1.61 bits per heavy atom. The maximum absolute atomic E-state index is 12.1. The topological polar surface area (TPSA) is 35.5 Å².